The highest BCUT2D eigenvalue weighted by molar-refractivity contribution is 4.88. The first-order valence-electron chi connectivity index (χ1n) is 6.72. The summed E-state index contributed by atoms with van der Waals surface area (Å²) >= 11 is 0. The molecule has 96 valence electrons. The fourth-order valence-corrected chi connectivity index (χ4v) is 2.80. The lowest BCUT2D eigenvalue weighted by molar-refractivity contribution is 0.205. The van der Waals surface area contributed by atoms with Crippen LogP contribution in [0.4, 0.5) is 0 Å². The summed E-state index contributed by atoms with van der Waals surface area (Å²) in [6.07, 6.45) is 11.1. The number of aromatic amines is 1. The summed E-state index contributed by atoms with van der Waals surface area (Å²) in [4.78, 5) is 7.31. The molecule has 17 heavy (non-hydrogen) atoms. The van der Waals surface area contributed by atoms with Gasteiger partial charge in [0, 0.05) is 25.0 Å². The number of imidazole rings is 1. The van der Waals surface area contributed by atoms with E-state index in [9.17, 15) is 0 Å². The molecule has 0 bridgehead atoms. The lowest BCUT2D eigenvalue weighted by Crippen LogP contribution is -2.37. The van der Waals surface area contributed by atoms with Gasteiger partial charge in [-0.2, -0.15) is 0 Å². The van der Waals surface area contributed by atoms with Crippen molar-refractivity contribution in [3.63, 3.8) is 0 Å². The second-order valence-corrected chi connectivity index (χ2v) is 4.93. The molecule has 4 heteroatoms. The topological polar surface area (TPSA) is 60.9 Å². The van der Waals surface area contributed by atoms with Gasteiger partial charge in [-0.1, -0.05) is 19.3 Å². The Morgan fingerprint density at radius 1 is 1.41 bits per heavy atom. The Bertz CT molecular complexity index is 294. The Kier molecular flexibility index (Phi) is 5.01. The van der Waals surface area contributed by atoms with Crippen molar-refractivity contribution >= 4 is 0 Å². The normalized spacial score (nSPS) is 19.4. The Labute approximate surface area is 103 Å². The molecule has 1 aliphatic carbocycles. The van der Waals surface area contributed by atoms with Crippen LogP contribution in [0.3, 0.4) is 0 Å². The van der Waals surface area contributed by atoms with Crippen molar-refractivity contribution in [3.8, 4) is 0 Å². The first kappa shape index (κ1) is 12.6. The van der Waals surface area contributed by atoms with Crippen molar-refractivity contribution in [2.75, 3.05) is 6.61 Å². The molecule has 1 heterocycles. The minimum absolute atomic E-state index is 0.270. The van der Waals surface area contributed by atoms with Crippen LogP contribution in [0, 0.1) is 5.92 Å². The van der Waals surface area contributed by atoms with Crippen molar-refractivity contribution < 1.29 is 5.11 Å². The predicted molar refractivity (Wildman–Crippen MR) is 67.5 cm³/mol. The summed E-state index contributed by atoms with van der Waals surface area (Å²) in [7, 11) is 0. The number of rotatable bonds is 6. The van der Waals surface area contributed by atoms with Gasteiger partial charge in [0.1, 0.15) is 5.82 Å². The molecule has 1 fully saturated rings. The first-order chi connectivity index (χ1) is 8.40. The molecule has 0 saturated heterocycles. The van der Waals surface area contributed by atoms with E-state index in [4.69, 9.17) is 5.11 Å². The SMILES string of the molecule is OCCC(NCc1ncc[nH]1)C1CCCCC1. The highest BCUT2D eigenvalue weighted by Crippen LogP contribution is 2.27. The Balaban J connectivity index is 1.82. The molecule has 1 saturated carbocycles. The van der Waals surface area contributed by atoms with E-state index in [0.717, 1.165) is 24.7 Å². The number of H-pyrrole nitrogens is 1. The smallest absolute Gasteiger partial charge is 0.120 e. The third-order valence-corrected chi connectivity index (χ3v) is 3.75. The van der Waals surface area contributed by atoms with Crippen LogP contribution in [0.1, 0.15) is 44.3 Å². The molecule has 0 aliphatic heterocycles. The fourth-order valence-electron chi connectivity index (χ4n) is 2.80. The van der Waals surface area contributed by atoms with Crippen molar-refractivity contribution in [2.45, 2.75) is 51.1 Å². The molecule has 1 aromatic rings. The molecule has 4 nitrogen and oxygen atoms in total. The molecule has 3 N–H and O–H groups in total. The van der Waals surface area contributed by atoms with E-state index in [2.05, 4.69) is 15.3 Å². The maximum absolute atomic E-state index is 9.16. The Morgan fingerprint density at radius 2 is 2.24 bits per heavy atom. The summed E-state index contributed by atoms with van der Waals surface area (Å²) in [5, 5.41) is 12.7. The largest absolute Gasteiger partial charge is 0.396 e. The van der Waals surface area contributed by atoms with E-state index in [0.29, 0.717) is 6.04 Å². The molecule has 1 aliphatic rings. The Hall–Kier alpha value is -0.870. The third kappa shape index (κ3) is 3.82. The van der Waals surface area contributed by atoms with Gasteiger partial charge in [-0.05, 0) is 25.2 Å². The van der Waals surface area contributed by atoms with Crippen LogP contribution in [0.2, 0.25) is 0 Å². The van der Waals surface area contributed by atoms with Gasteiger partial charge in [0.05, 0.1) is 6.54 Å². The van der Waals surface area contributed by atoms with E-state index in [-0.39, 0.29) is 6.61 Å². The van der Waals surface area contributed by atoms with Gasteiger partial charge in [0.15, 0.2) is 0 Å². The fraction of sp³-hybridized carbons (Fsp3) is 0.769. The van der Waals surface area contributed by atoms with Crippen LogP contribution in [0.5, 0.6) is 0 Å². The van der Waals surface area contributed by atoms with E-state index in [1.165, 1.54) is 32.1 Å². The van der Waals surface area contributed by atoms with E-state index in [1.54, 1.807) is 6.20 Å². The van der Waals surface area contributed by atoms with Crippen molar-refractivity contribution in [1.29, 1.82) is 0 Å². The maximum Gasteiger partial charge on any atom is 0.120 e. The number of aliphatic hydroxyl groups excluding tert-OH is 1. The van der Waals surface area contributed by atoms with Gasteiger partial charge in [-0.3, -0.25) is 0 Å². The maximum atomic E-state index is 9.16. The summed E-state index contributed by atoms with van der Waals surface area (Å²) < 4.78 is 0. The van der Waals surface area contributed by atoms with Gasteiger partial charge in [0.2, 0.25) is 0 Å². The number of hydrogen-bond donors (Lipinski definition) is 3. The lowest BCUT2D eigenvalue weighted by atomic mass is 9.83. The molecular weight excluding hydrogens is 214 g/mol. The van der Waals surface area contributed by atoms with Gasteiger partial charge in [0.25, 0.3) is 0 Å². The molecule has 1 aromatic heterocycles. The number of aromatic nitrogens is 2. The average molecular weight is 237 g/mol. The van der Waals surface area contributed by atoms with Crippen molar-refractivity contribution in [1.82, 2.24) is 15.3 Å². The van der Waals surface area contributed by atoms with Crippen molar-refractivity contribution in [3.05, 3.63) is 18.2 Å². The number of hydrogen-bond acceptors (Lipinski definition) is 3. The van der Waals surface area contributed by atoms with Crippen LogP contribution in [0.25, 0.3) is 0 Å². The molecule has 0 amide bonds. The Morgan fingerprint density at radius 3 is 2.88 bits per heavy atom. The second kappa shape index (κ2) is 6.77. The molecular formula is C13H23N3O. The standard InChI is InChI=1S/C13H23N3O/c17-9-6-12(11-4-2-1-3-5-11)16-10-13-14-7-8-15-13/h7-8,11-12,16-17H,1-6,9-10H2,(H,14,15). The van der Waals surface area contributed by atoms with Crippen molar-refractivity contribution in [2.24, 2.45) is 5.92 Å². The molecule has 0 radical (unpaired) electrons. The summed E-state index contributed by atoms with van der Waals surface area (Å²) in [5.74, 6) is 1.70. The number of aliphatic hydroxyl groups is 1. The van der Waals surface area contributed by atoms with E-state index >= 15 is 0 Å². The summed E-state index contributed by atoms with van der Waals surface area (Å²) in [6.45, 7) is 1.04. The first-order valence-corrected chi connectivity index (χ1v) is 6.72. The second-order valence-electron chi connectivity index (χ2n) is 4.93. The average Bonchev–Trinajstić information content (AvgIpc) is 2.88. The van der Waals surface area contributed by atoms with Gasteiger partial charge in [-0.15, -0.1) is 0 Å². The summed E-state index contributed by atoms with van der Waals surface area (Å²) in [5.41, 5.74) is 0. The van der Waals surface area contributed by atoms with Crippen LogP contribution in [-0.4, -0.2) is 27.7 Å². The molecule has 0 aromatic carbocycles. The number of nitrogens with zero attached hydrogens (tertiary/aromatic N) is 1. The predicted octanol–water partition coefficient (Wildman–Crippen LogP) is 1.83. The zero-order chi connectivity index (χ0) is 11.9. The van der Waals surface area contributed by atoms with Gasteiger partial charge >= 0.3 is 0 Å². The molecule has 0 spiro atoms. The van der Waals surface area contributed by atoms with Crippen LogP contribution >= 0.6 is 0 Å². The monoisotopic (exact) mass is 237 g/mol. The molecule has 1 atom stereocenters. The highest BCUT2D eigenvalue weighted by atomic mass is 16.3. The van der Waals surface area contributed by atoms with Crippen LogP contribution in [0.15, 0.2) is 12.4 Å². The van der Waals surface area contributed by atoms with E-state index in [1.807, 2.05) is 6.20 Å². The quantitative estimate of drug-likeness (QED) is 0.707. The minimum Gasteiger partial charge on any atom is -0.396 e. The van der Waals surface area contributed by atoms with Gasteiger partial charge in [-0.25, -0.2) is 4.98 Å². The van der Waals surface area contributed by atoms with E-state index < -0.39 is 0 Å². The van der Waals surface area contributed by atoms with Crippen LogP contribution in [-0.2, 0) is 6.54 Å². The van der Waals surface area contributed by atoms with Crippen LogP contribution < -0.4 is 5.32 Å². The minimum atomic E-state index is 0.270. The number of nitrogens with one attached hydrogen (secondary N) is 2. The molecule has 2 rings (SSSR count). The van der Waals surface area contributed by atoms with Gasteiger partial charge < -0.3 is 15.4 Å². The zero-order valence-corrected chi connectivity index (χ0v) is 10.4. The highest BCUT2D eigenvalue weighted by Gasteiger charge is 2.22. The third-order valence-electron chi connectivity index (χ3n) is 3.75. The molecule has 1 unspecified atom stereocenters. The zero-order valence-electron chi connectivity index (χ0n) is 10.4. The lowest BCUT2D eigenvalue weighted by Gasteiger charge is -2.30. The summed E-state index contributed by atoms with van der Waals surface area (Å²) in [6, 6.07) is 0.436.